The Bertz CT molecular complexity index is 1390. The van der Waals surface area contributed by atoms with Crippen molar-refractivity contribution in [3.63, 3.8) is 0 Å². The van der Waals surface area contributed by atoms with Crippen LogP contribution in [0.1, 0.15) is 24.0 Å². The molecule has 0 aromatic heterocycles. The minimum absolute atomic E-state index is 0.0240. The Labute approximate surface area is 201 Å². The van der Waals surface area contributed by atoms with Crippen molar-refractivity contribution in [2.45, 2.75) is 24.5 Å². The highest BCUT2D eigenvalue weighted by Gasteiger charge is 2.66. The molecule has 0 unspecified atom stereocenters. The molecule has 2 heterocycles. The Kier molecular flexibility index (Phi) is 5.53. The highest BCUT2D eigenvalue weighted by molar-refractivity contribution is 6.11. The number of para-hydroxylation sites is 1. The molecule has 0 fully saturated rings. The number of benzene rings is 3. The van der Waals surface area contributed by atoms with Gasteiger partial charge < -0.3 is 24.6 Å². The van der Waals surface area contributed by atoms with Gasteiger partial charge in [-0.25, -0.2) is 9.59 Å². The minimum Gasteiger partial charge on any atom is -0.470 e. The second-order valence-corrected chi connectivity index (χ2v) is 8.29. The van der Waals surface area contributed by atoms with Gasteiger partial charge in [-0.2, -0.15) is 0 Å². The van der Waals surface area contributed by atoms with Crippen LogP contribution in [0, 0.1) is 0 Å². The summed E-state index contributed by atoms with van der Waals surface area (Å²) in [6.45, 7) is 1.58. The average molecular weight is 473 g/mol. The summed E-state index contributed by atoms with van der Waals surface area (Å²) in [6.07, 6.45) is -1.84. The first-order valence-corrected chi connectivity index (χ1v) is 11.2. The zero-order valence-electron chi connectivity index (χ0n) is 19.1. The molecule has 35 heavy (non-hydrogen) atoms. The van der Waals surface area contributed by atoms with Crippen molar-refractivity contribution >= 4 is 40.1 Å². The lowest BCUT2D eigenvalue weighted by Crippen LogP contribution is -2.56. The quantitative estimate of drug-likeness (QED) is 0.548. The van der Waals surface area contributed by atoms with E-state index in [1.807, 2.05) is 30.3 Å². The molecule has 8 heteroatoms. The van der Waals surface area contributed by atoms with Gasteiger partial charge in [-0.1, -0.05) is 60.7 Å². The van der Waals surface area contributed by atoms with E-state index in [0.717, 1.165) is 10.8 Å². The lowest BCUT2D eigenvalue weighted by Gasteiger charge is -2.34. The van der Waals surface area contributed by atoms with Gasteiger partial charge in [0.2, 0.25) is 5.91 Å². The molecule has 0 aliphatic carbocycles. The lowest BCUT2D eigenvalue weighted by molar-refractivity contribution is -0.176. The molecule has 178 valence electrons. The van der Waals surface area contributed by atoms with Crippen LogP contribution in [-0.2, 0) is 28.6 Å². The topological polar surface area (TPSA) is 111 Å². The predicted octanol–water partition coefficient (Wildman–Crippen LogP) is 3.15. The SMILES string of the molecule is CCOC(=O)[C@@]1([C@H]2C(=O)Nc3ccccc32)OC(c2cccc3ccccc23)=C(C(=O)OC)[C@@H]1O. The lowest BCUT2D eigenvalue weighted by atomic mass is 9.77. The highest BCUT2D eigenvalue weighted by Crippen LogP contribution is 2.52. The summed E-state index contributed by atoms with van der Waals surface area (Å²) in [5, 5.41) is 16.0. The van der Waals surface area contributed by atoms with E-state index in [-0.39, 0.29) is 17.9 Å². The second-order valence-electron chi connectivity index (χ2n) is 8.29. The van der Waals surface area contributed by atoms with E-state index in [0.29, 0.717) is 16.8 Å². The molecular weight excluding hydrogens is 450 g/mol. The monoisotopic (exact) mass is 473 g/mol. The Balaban J connectivity index is 1.76. The maximum Gasteiger partial charge on any atom is 0.354 e. The maximum atomic E-state index is 13.6. The van der Waals surface area contributed by atoms with E-state index in [4.69, 9.17) is 14.2 Å². The molecule has 2 aliphatic heterocycles. The molecule has 2 N–H and O–H groups in total. The van der Waals surface area contributed by atoms with Crippen molar-refractivity contribution in [2.24, 2.45) is 0 Å². The molecule has 0 saturated carbocycles. The van der Waals surface area contributed by atoms with Gasteiger partial charge in [0.15, 0.2) is 0 Å². The number of ether oxygens (including phenoxy) is 3. The number of methoxy groups -OCH3 is 1. The molecule has 1 amide bonds. The van der Waals surface area contributed by atoms with Crippen LogP contribution < -0.4 is 5.32 Å². The van der Waals surface area contributed by atoms with Crippen LogP contribution in [0.3, 0.4) is 0 Å². The predicted molar refractivity (Wildman–Crippen MR) is 127 cm³/mol. The highest BCUT2D eigenvalue weighted by atomic mass is 16.6. The van der Waals surface area contributed by atoms with Crippen molar-refractivity contribution < 1.29 is 33.7 Å². The minimum atomic E-state index is -2.25. The van der Waals surface area contributed by atoms with Gasteiger partial charge in [0.05, 0.1) is 13.7 Å². The summed E-state index contributed by atoms with van der Waals surface area (Å²) >= 11 is 0. The molecule has 8 nitrogen and oxygen atoms in total. The van der Waals surface area contributed by atoms with Crippen LogP contribution in [0.4, 0.5) is 5.69 Å². The molecule has 5 rings (SSSR count). The third-order valence-electron chi connectivity index (χ3n) is 6.45. The van der Waals surface area contributed by atoms with Gasteiger partial charge in [-0.05, 0) is 29.3 Å². The number of rotatable bonds is 5. The Morgan fingerprint density at radius 2 is 1.77 bits per heavy atom. The number of fused-ring (bicyclic) bond motifs is 2. The number of hydrogen-bond donors (Lipinski definition) is 2. The molecule has 0 radical (unpaired) electrons. The van der Waals surface area contributed by atoms with Gasteiger partial charge >= 0.3 is 11.9 Å². The van der Waals surface area contributed by atoms with Crippen molar-refractivity contribution in [3.05, 3.63) is 83.4 Å². The van der Waals surface area contributed by atoms with E-state index in [2.05, 4.69) is 5.32 Å². The maximum absolute atomic E-state index is 13.6. The number of hydrogen-bond acceptors (Lipinski definition) is 7. The van der Waals surface area contributed by atoms with E-state index in [1.165, 1.54) is 7.11 Å². The molecule has 3 aromatic rings. The fourth-order valence-corrected chi connectivity index (χ4v) is 4.92. The summed E-state index contributed by atoms with van der Waals surface area (Å²) in [5.74, 6) is -3.70. The molecule has 2 aliphatic rings. The smallest absolute Gasteiger partial charge is 0.354 e. The van der Waals surface area contributed by atoms with Crippen LogP contribution in [0.5, 0.6) is 0 Å². The molecule has 3 atom stereocenters. The molecule has 3 aromatic carbocycles. The Hall–Kier alpha value is -4.17. The fourth-order valence-electron chi connectivity index (χ4n) is 4.92. The first-order chi connectivity index (χ1) is 16.9. The van der Waals surface area contributed by atoms with Crippen LogP contribution in [0.25, 0.3) is 16.5 Å². The van der Waals surface area contributed by atoms with Gasteiger partial charge in [0.1, 0.15) is 23.4 Å². The Morgan fingerprint density at radius 1 is 1.06 bits per heavy atom. The van der Waals surface area contributed by atoms with E-state index >= 15 is 0 Å². The third kappa shape index (κ3) is 3.29. The number of carbonyl (C=O) groups is 3. The van der Waals surface area contributed by atoms with Gasteiger partial charge in [0.25, 0.3) is 5.60 Å². The Morgan fingerprint density at radius 3 is 2.54 bits per heavy atom. The average Bonchev–Trinajstić information content (AvgIpc) is 3.37. The summed E-state index contributed by atoms with van der Waals surface area (Å²) in [5.41, 5.74) is -1.09. The van der Waals surface area contributed by atoms with E-state index in [9.17, 15) is 19.5 Å². The van der Waals surface area contributed by atoms with Crippen molar-refractivity contribution in [1.82, 2.24) is 0 Å². The van der Waals surface area contributed by atoms with Crippen molar-refractivity contribution in [1.29, 1.82) is 0 Å². The van der Waals surface area contributed by atoms with E-state index < -0.39 is 35.5 Å². The zero-order chi connectivity index (χ0) is 24.7. The summed E-state index contributed by atoms with van der Waals surface area (Å²) in [7, 11) is 1.17. The normalized spacial score (nSPS) is 23.0. The number of nitrogens with one attached hydrogen (secondary N) is 1. The number of aliphatic hydroxyl groups excluding tert-OH is 1. The molecular formula is C27H23NO7. The van der Waals surface area contributed by atoms with Crippen molar-refractivity contribution in [2.75, 3.05) is 19.0 Å². The van der Waals surface area contributed by atoms with Crippen LogP contribution in [0.2, 0.25) is 0 Å². The summed E-state index contributed by atoms with van der Waals surface area (Å²) < 4.78 is 16.6. The van der Waals surface area contributed by atoms with E-state index in [1.54, 1.807) is 43.3 Å². The number of carbonyl (C=O) groups excluding carboxylic acids is 3. The second kappa shape index (κ2) is 8.56. The van der Waals surface area contributed by atoms with Gasteiger partial charge in [-0.15, -0.1) is 0 Å². The standard InChI is InChI=1S/C27H23NO7/c1-3-34-26(32)27(21-18-12-6-7-14-19(18)28-24(21)30)23(29)20(25(31)33-2)22(35-27)17-13-8-10-15-9-4-5-11-16(15)17/h4-14,21,23,29H,3H2,1-2H3,(H,28,30)/t21-,23+,27+/m1/s1. The first kappa shape index (κ1) is 22.6. The zero-order valence-corrected chi connectivity index (χ0v) is 19.1. The van der Waals surface area contributed by atoms with Gasteiger partial charge in [0, 0.05) is 11.3 Å². The van der Waals surface area contributed by atoms with Crippen LogP contribution >= 0.6 is 0 Å². The third-order valence-corrected chi connectivity index (χ3v) is 6.45. The number of esters is 2. The molecule has 0 spiro atoms. The summed E-state index contributed by atoms with van der Waals surface area (Å²) in [6, 6.07) is 19.6. The first-order valence-electron chi connectivity index (χ1n) is 11.2. The van der Waals surface area contributed by atoms with Gasteiger partial charge in [-0.3, -0.25) is 4.79 Å². The molecule has 0 bridgehead atoms. The fraction of sp³-hybridized carbons (Fsp3) is 0.222. The van der Waals surface area contributed by atoms with Crippen LogP contribution in [-0.4, -0.2) is 48.4 Å². The number of amides is 1. The summed E-state index contributed by atoms with van der Waals surface area (Å²) in [4.78, 5) is 39.8. The number of aliphatic hydroxyl groups is 1. The number of anilines is 1. The van der Waals surface area contributed by atoms with Crippen LogP contribution in [0.15, 0.2) is 72.3 Å². The largest absolute Gasteiger partial charge is 0.470 e. The molecule has 0 saturated heterocycles. The van der Waals surface area contributed by atoms with Crippen molar-refractivity contribution in [3.8, 4) is 0 Å².